The lowest BCUT2D eigenvalue weighted by Gasteiger charge is -2.48. The van der Waals surface area contributed by atoms with E-state index < -0.39 is 0 Å². The number of carbonyl (C=O) groups is 1. The highest BCUT2D eigenvalue weighted by atomic mass is 16.5. The van der Waals surface area contributed by atoms with Gasteiger partial charge in [-0.3, -0.25) is 4.79 Å². The fourth-order valence-electron chi connectivity index (χ4n) is 3.83. The zero-order valence-electron chi connectivity index (χ0n) is 11.1. The van der Waals surface area contributed by atoms with Crippen LogP contribution in [0.2, 0.25) is 0 Å². The zero-order valence-corrected chi connectivity index (χ0v) is 11.1. The molecule has 17 heavy (non-hydrogen) atoms. The molecule has 1 atom stereocenters. The van der Waals surface area contributed by atoms with E-state index in [0.29, 0.717) is 12.0 Å². The van der Waals surface area contributed by atoms with Gasteiger partial charge in [-0.15, -0.1) is 0 Å². The highest BCUT2D eigenvalue weighted by Gasteiger charge is 2.53. The minimum Gasteiger partial charge on any atom is -0.469 e. The summed E-state index contributed by atoms with van der Waals surface area (Å²) in [6.45, 7) is 0. The zero-order chi connectivity index (χ0) is 12.3. The summed E-state index contributed by atoms with van der Waals surface area (Å²) < 4.78 is 5.05. The first kappa shape index (κ1) is 12.9. The Labute approximate surface area is 104 Å². The third kappa shape index (κ3) is 2.22. The molecule has 0 radical (unpaired) electrons. The van der Waals surface area contributed by atoms with Gasteiger partial charge in [0.05, 0.1) is 12.5 Å². The first-order valence-electron chi connectivity index (χ1n) is 7.00. The number of hydrogen-bond acceptors (Lipinski definition) is 3. The third-order valence-corrected chi connectivity index (χ3v) is 4.87. The van der Waals surface area contributed by atoms with Crippen LogP contribution in [-0.2, 0) is 9.53 Å². The van der Waals surface area contributed by atoms with Gasteiger partial charge in [0.2, 0.25) is 0 Å². The third-order valence-electron chi connectivity index (χ3n) is 4.87. The molecule has 2 rings (SSSR count). The van der Waals surface area contributed by atoms with E-state index in [9.17, 15) is 4.79 Å². The Hall–Kier alpha value is -0.570. The molecule has 2 saturated carbocycles. The van der Waals surface area contributed by atoms with Gasteiger partial charge in [0, 0.05) is 6.04 Å². The van der Waals surface area contributed by atoms with Gasteiger partial charge in [0.1, 0.15) is 0 Å². The lowest BCUT2D eigenvalue weighted by molar-refractivity contribution is -0.163. The van der Waals surface area contributed by atoms with Crippen molar-refractivity contribution in [3.05, 3.63) is 0 Å². The number of rotatable bonds is 4. The van der Waals surface area contributed by atoms with Crippen LogP contribution in [0.4, 0.5) is 0 Å². The number of esters is 1. The monoisotopic (exact) mass is 239 g/mol. The van der Waals surface area contributed by atoms with Gasteiger partial charge in [-0.05, 0) is 38.6 Å². The first-order valence-corrected chi connectivity index (χ1v) is 7.00. The molecule has 1 unspecified atom stereocenters. The van der Waals surface area contributed by atoms with E-state index in [1.54, 1.807) is 0 Å². The Kier molecular flexibility index (Phi) is 4.08. The van der Waals surface area contributed by atoms with Crippen LogP contribution >= 0.6 is 0 Å². The fourth-order valence-corrected chi connectivity index (χ4v) is 3.83. The molecule has 98 valence electrons. The van der Waals surface area contributed by atoms with E-state index in [1.165, 1.54) is 45.6 Å². The van der Waals surface area contributed by atoms with E-state index in [2.05, 4.69) is 5.32 Å². The minimum absolute atomic E-state index is 0.00803. The van der Waals surface area contributed by atoms with E-state index in [0.717, 1.165) is 12.8 Å². The van der Waals surface area contributed by atoms with Crippen molar-refractivity contribution in [1.82, 2.24) is 5.32 Å². The summed E-state index contributed by atoms with van der Waals surface area (Å²) in [5.74, 6) is 0.668. The Bertz CT molecular complexity index is 267. The Balaban J connectivity index is 2.11. The maximum absolute atomic E-state index is 12.1. The number of nitrogens with one attached hydrogen (secondary N) is 1. The summed E-state index contributed by atoms with van der Waals surface area (Å²) >= 11 is 0. The van der Waals surface area contributed by atoms with E-state index in [-0.39, 0.29) is 11.4 Å². The molecule has 3 nitrogen and oxygen atoms in total. The van der Waals surface area contributed by atoms with Crippen molar-refractivity contribution in [2.24, 2.45) is 11.3 Å². The largest absolute Gasteiger partial charge is 0.469 e. The normalized spacial score (nSPS) is 26.0. The standard InChI is InChI=1S/C14H25NO2/c1-15-12(11-7-4-3-5-8-11)14(9-6-10-14)13(16)17-2/h11-12,15H,3-10H2,1-2H3. The van der Waals surface area contributed by atoms with Gasteiger partial charge in [0.15, 0.2) is 0 Å². The molecule has 0 aliphatic heterocycles. The van der Waals surface area contributed by atoms with Gasteiger partial charge in [-0.1, -0.05) is 25.7 Å². The predicted molar refractivity (Wildman–Crippen MR) is 67.7 cm³/mol. The molecule has 2 aliphatic rings. The van der Waals surface area contributed by atoms with Crippen LogP contribution in [-0.4, -0.2) is 26.2 Å². The highest BCUT2D eigenvalue weighted by molar-refractivity contribution is 5.78. The van der Waals surface area contributed by atoms with Crippen LogP contribution < -0.4 is 5.32 Å². The first-order chi connectivity index (χ1) is 8.24. The molecule has 3 heteroatoms. The van der Waals surface area contributed by atoms with Crippen molar-refractivity contribution in [1.29, 1.82) is 0 Å². The Morgan fingerprint density at radius 1 is 1.24 bits per heavy atom. The average molecular weight is 239 g/mol. The lowest BCUT2D eigenvalue weighted by atomic mass is 9.59. The molecule has 0 amide bonds. The fraction of sp³-hybridized carbons (Fsp3) is 0.929. The molecule has 0 heterocycles. The smallest absolute Gasteiger partial charge is 0.313 e. The second-order valence-corrected chi connectivity index (χ2v) is 5.67. The molecule has 1 N–H and O–H groups in total. The van der Waals surface area contributed by atoms with Crippen molar-refractivity contribution >= 4 is 5.97 Å². The maximum Gasteiger partial charge on any atom is 0.313 e. The quantitative estimate of drug-likeness (QED) is 0.766. The van der Waals surface area contributed by atoms with Crippen molar-refractivity contribution in [2.75, 3.05) is 14.2 Å². The molecule has 0 aromatic rings. The average Bonchev–Trinajstić information content (AvgIpc) is 2.33. The predicted octanol–water partition coefficient (Wildman–Crippen LogP) is 2.50. The number of methoxy groups -OCH3 is 1. The van der Waals surface area contributed by atoms with Crippen LogP contribution in [0.1, 0.15) is 51.4 Å². The van der Waals surface area contributed by atoms with E-state index >= 15 is 0 Å². The summed E-state index contributed by atoms with van der Waals surface area (Å²) in [5, 5.41) is 3.43. The Morgan fingerprint density at radius 3 is 2.29 bits per heavy atom. The Morgan fingerprint density at radius 2 is 1.88 bits per heavy atom. The summed E-state index contributed by atoms with van der Waals surface area (Å²) in [4.78, 5) is 12.1. The second-order valence-electron chi connectivity index (χ2n) is 5.67. The number of carbonyl (C=O) groups excluding carboxylic acids is 1. The second kappa shape index (κ2) is 5.38. The molecule has 2 fully saturated rings. The van der Waals surface area contributed by atoms with Crippen LogP contribution in [0, 0.1) is 11.3 Å². The van der Waals surface area contributed by atoms with E-state index in [4.69, 9.17) is 4.74 Å². The van der Waals surface area contributed by atoms with Gasteiger partial charge < -0.3 is 10.1 Å². The van der Waals surface area contributed by atoms with Crippen LogP contribution in [0.15, 0.2) is 0 Å². The summed E-state index contributed by atoms with van der Waals surface area (Å²) in [6, 6.07) is 0.323. The van der Waals surface area contributed by atoms with Crippen LogP contribution in [0.3, 0.4) is 0 Å². The molecule has 0 spiro atoms. The summed E-state index contributed by atoms with van der Waals surface area (Å²) in [5.41, 5.74) is -0.217. The van der Waals surface area contributed by atoms with Crippen molar-refractivity contribution in [3.8, 4) is 0 Å². The van der Waals surface area contributed by atoms with Gasteiger partial charge in [0.25, 0.3) is 0 Å². The molecular formula is C14H25NO2. The van der Waals surface area contributed by atoms with Gasteiger partial charge >= 0.3 is 5.97 Å². The molecule has 0 bridgehead atoms. The molecule has 2 aliphatic carbocycles. The van der Waals surface area contributed by atoms with Crippen molar-refractivity contribution in [3.63, 3.8) is 0 Å². The number of hydrogen-bond donors (Lipinski definition) is 1. The summed E-state index contributed by atoms with van der Waals surface area (Å²) in [7, 11) is 3.53. The highest BCUT2D eigenvalue weighted by Crippen LogP contribution is 2.49. The SMILES string of the molecule is CNC(C1CCCCC1)C1(C(=O)OC)CCC1. The van der Waals surface area contributed by atoms with Crippen molar-refractivity contribution in [2.45, 2.75) is 57.4 Å². The maximum atomic E-state index is 12.1. The number of ether oxygens (including phenoxy) is 1. The molecular weight excluding hydrogens is 214 g/mol. The van der Waals surface area contributed by atoms with E-state index in [1.807, 2.05) is 7.05 Å². The van der Waals surface area contributed by atoms with Gasteiger partial charge in [-0.2, -0.15) is 0 Å². The minimum atomic E-state index is -0.217. The van der Waals surface area contributed by atoms with Crippen LogP contribution in [0.5, 0.6) is 0 Å². The molecule has 0 aromatic carbocycles. The molecule has 0 aromatic heterocycles. The van der Waals surface area contributed by atoms with Gasteiger partial charge in [-0.25, -0.2) is 0 Å². The molecule has 0 saturated heterocycles. The summed E-state index contributed by atoms with van der Waals surface area (Å²) in [6.07, 6.45) is 9.70. The lowest BCUT2D eigenvalue weighted by Crippen LogP contribution is -2.57. The topological polar surface area (TPSA) is 38.3 Å². The van der Waals surface area contributed by atoms with Crippen LogP contribution in [0.25, 0.3) is 0 Å². The van der Waals surface area contributed by atoms with Crippen molar-refractivity contribution < 1.29 is 9.53 Å².